The van der Waals surface area contributed by atoms with Crippen LogP contribution in [-0.4, -0.2) is 18.2 Å². The highest BCUT2D eigenvalue weighted by Crippen LogP contribution is 2.28. The number of rotatable bonds is 1. The average molecular weight is 184 g/mol. The molecule has 1 aliphatic rings. The molecule has 12 heavy (non-hydrogen) atoms. The van der Waals surface area contributed by atoms with Crippen molar-refractivity contribution in [3.63, 3.8) is 0 Å². The van der Waals surface area contributed by atoms with Crippen molar-refractivity contribution in [3.05, 3.63) is 10.6 Å². The number of aromatic nitrogens is 1. The van der Waals surface area contributed by atoms with Crippen molar-refractivity contribution >= 4 is 16.5 Å². The van der Waals surface area contributed by atoms with E-state index < -0.39 is 0 Å². The van der Waals surface area contributed by atoms with E-state index in [1.165, 1.54) is 10.6 Å². The second kappa shape index (κ2) is 3.03. The Hall–Kier alpha value is -0.610. The lowest BCUT2D eigenvalue weighted by Gasteiger charge is -2.18. The second-order valence-corrected chi connectivity index (χ2v) is 4.14. The van der Waals surface area contributed by atoms with Crippen LogP contribution in [-0.2, 0) is 17.6 Å². The number of hydrogen-bond donors (Lipinski definition) is 1. The van der Waals surface area contributed by atoms with Crippen molar-refractivity contribution < 1.29 is 4.74 Å². The molecule has 0 saturated heterocycles. The van der Waals surface area contributed by atoms with Gasteiger partial charge in [0.2, 0.25) is 0 Å². The van der Waals surface area contributed by atoms with Gasteiger partial charge >= 0.3 is 0 Å². The predicted octanol–water partition coefficient (Wildman–Crippen LogP) is 1.23. The van der Waals surface area contributed by atoms with E-state index in [1.54, 1.807) is 18.4 Å². The van der Waals surface area contributed by atoms with E-state index >= 15 is 0 Å². The van der Waals surface area contributed by atoms with Crippen LogP contribution in [0.5, 0.6) is 0 Å². The molecule has 0 radical (unpaired) electrons. The number of fused-ring (bicyclic) bond motifs is 1. The number of nitrogens with two attached hydrogens (primary N) is 1. The minimum atomic E-state index is 0.373. The zero-order valence-electron chi connectivity index (χ0n) is 7.04. The zero-order chi connectivity index (χ0) is 8.55. The molecule has 1 atom stereocenters. The molecule has 2 rings (SSSR count). The SMILES string of the molecule is COC1CCc2nc(N)sc2C1. The molecule has 0 fully saturated rings. The lowest BCUT2D eigenvalue weighted by atomic mass is 10.0. The van der Waals surface area contributed by atoms with Gasteiger partial charge in [-0.25, -0.2) is 4.98 Å². The summed E-state index contributed by atoms with van der Waals surface area (Å²) in [6, 6.07) is 0. The molecule has 4 heteroatoms. The van der Waals surface area contributed by atoms with Gasteiger partial charge in [-0.05, 0) is 12.8 Å². The van der Waals surface area contributed by atoms with Gasteiger partial charge < -0.3 is 10.5 Å². The van der Waals surface area contributed by atoms with Crippen LogP contribution >= 0.6 is 11.3 Å². The second-order valence-electron chi connectivity index (χ2n) is 3.02. The van der Waals surface area contributed by atoms with Crippen LogP contribution in [0.4, 0.5) is 5.13 Å². The summed E-state index contributed by atoms with van der Waals surface area (Å²) in [5.74, 6) is 0. The Morgan fingerprint density at radius 2 is 2.50 bits per heavy atom. The quantitative estimate of drug-likeness (QED) is 0.714. The monoisotopic (exact) mass is 184 g/mol. The van der Waals surface area contributed by atoms with Gasteiger partial charge in [-0.15, -0.1) is 11.3 Å². The first-order chi connectivity index (χ1) is 5.79. The number of nitrogens with zero attached hydrogens (tertiary/aromatic N) is 1. The maximum Gasteiger partial charge on any atom is 0.180 e. The molecule has 0 bridgehead atoms. The number of nitrogen functional groups attached to an aromatic ring is 1. The van der Waals surface area contributed by atoms with Gasteiger partial charge in [0.05, 0.1) is 11.8 Å². The van der Waals surface area contributed by atoms with E-state index in [-0.39, 0.29) is 0 Å². The molecule has 1 aliphatic carbocycles. The van der Waals surface area contributed by atoms with Crippen molar-refractivity contribution in [2.24, 2.45) is 0 Å². The van der Waals surface area contributed by atoms with Crippen LogP contribution in [0.1, 0.15) is 17.0 Å². The Balaban J connectivity index is 2.22. The normalized spacial score (nSPS) is 22.2. The third-order valence-corrected chi connectivity index (χ3v) is 3.19. The Labute approximate surface area is 75.6 Å². The van der Waals surface area contributed by atoms with Gasteiger partial charge in [0.15, 0.2) is 5.13 Å². The van der Waals surface area contributed by atoms with Gasteiger partial charge in [0.25, 0.3) is 0 Å². The number of anilines is 1. The summed E-state index contributed by atoms with van der Waals surface area (Å²) in [5, 5.41) is 0.691. The molecule has 2 N–H and O–H groups in total. The minimum Gasteiger partial charge on any atom is -0.381 e. The fraction of sp³-hybridized carbons (Fsp3) is 0.625. The van der Waals surface area contributed by atoms with Crippen molar-refractivity contribution in [2.75, 3.05) is 12.8 Å². The summed E-state index contributed by atoms with van der Waals surface area (Å²) >= 11 is 1.60. The van der Waals surface area contributed by atoms with Gasteiger partial charge in [0.1, 0.15) is 0 Å². The highest BCUT2D eigenvalue weighted by Gasteiger charge is 2.21. The third-order valence-electron chi connectivity index (χ3n) is 2.24. The predicted molar refractivity (Wildman–Crippen MR) is 49.3 cm³/mol. The number of aryl methyl sites for hydroxylation is 1. The number of hydrogen-bond acceptors (Lipinski definition) is 4. The van der Waals surface area contributed by atoms with Crippen molar-refractivity contribution in [2.45, 2.75) is 25.4 Å². The van der Waals surface area contributed by atoms with Crippen LogP contribution in [0.3, 0.4) is 0 Å². The molecule has 1 heterocycles. The Kier molecular flexibility index (Phi) is 2.02. The largest absolute Gasteiger partial charge is 0.381 e. The van der Waals surface area contributed by atoms with Crippen molar-refractivity contribution in [3.8, 4) is 0 Å². The molecular weight excluding hydrogens is 172 g/mol. The molecule has 1 aromatic rings. The molecule has 0 spiro atoms. The summed E-state index contributed by atoms with van der Waals surface area (Å²) in [7, 11) is 1.76. The van der Waals surface area contributed by atoms with E-state index in [4.69, 9.17) is 10.5 Å². The van der Waals surface area contributed by atoms with Crippen molar-refractivity contribution in [1.82, 2.24) is 4.98 Å². The van der Waals surface area contributed by atoms with Crippen LogP contribution in [0, 0.1) is 0 Å². The maximum atomic E-state index is 5.61. The molecule has 1 aromatic heterocycles. The molecule has 0 amide bonds. The summed E-state index contributed by atoms with van der Waals surface area (Å²) in [5.41, 5.74) is 6.80. The van der Waals surface area contributed by atoms with Gasteiger partial charge in [0, 0.05) is 18.4 Å². The summed E-state index contributed by atoms with van der Waals surface area (Å²) in [4.78, 5) is 5.57. The topological polar surface area (TPSA) is 48.1 Å². The van der Waals surface area contributed by atoms with E-state index in [9.17, 15) is 0 Å². The van der Waals surface area contributed by atoms with E-state index in [0.29, 0.717) is 11.2 Å². The van der Waals surface area contributed by atoms with Crippen LogP contribution in [0.25, 0.3) is 0 Å². The maximum absolute atomic E-state index is 5.61. The molecule has 0 aromatic carbocycles. The summed E-state index contributed by atoms with van der Waals surface area (Å²) in [6.07, 6.45) is 3.45. The van der Waals surface area contributed by atoms with Crippen LogP contribution in [0.2, 0.25) is 0 Å². The fourth-order valence-corrected chi connectivity index (χ4v) is 2.51. The van der Waals surface area contributed by atoms with E-state index in [2.05, 4.69) is 4.98 Å². The number of ether oxygens (including phenoxy) is 1. The van der Waals surface area contributed by atoms with Gasteiger partial charge in [-0.2, -0.15) is 0 Å². The fourth-order valence-electron chi connectivity index (χ4n) is 1.57. The summed E-state index contributed by atoms with van der Waals surface area (Å²) < 4.78 is 5.30. The first kappa shape index (κ1) is 8.01. The van der Waals surface area contributed by atoms with Crippen LogP contribution in [0.15, 0.2) is 0 Å². The van der Waals surface area contributed by atoms with Crippen molar-refractivity contribution in [1.29, 1.82) is 0 Å². The first-order valence-corrected chi connectivity index (χ1v) is 4.88. The van der Waals surface area contributed by atoms with E-state index in [1.807, 2.05) is 0 Å². The highest BCUT2D eigenvalue weighted by molar-refractivity contribution is 7.15. The van der Waals surface area contributed by atoms with Crippen LogP contribution < -0.4 is 5.73 Å². The molecule has 1 unspecified atom stereocenters. The van der Waals surface area contributed by atoms with E-state index in [0.717, 1.165) is 19.3 Å². The number of thiazole rings is 1. The molecule has 66 valence electrons. The highest BCUT2D eigenvalue weighted by atomic mass is 32.1. The average Bonchev–Trinajstić information content (AvgIpc) is 2.43. The molecule has 3 nitrogen and oxygen atoms in total. The molecular formula is C8H12N2OS. The lowest BCUT2D eigenvalue weighted by molar-refractivity contribution is 0.0916. The Morgan fingerprint density at radius 3 is 3.25 bits per heavy atom. The first-order valence-electron chi connectivity index (χ1n) is 4.06. The lowest BCUT2D eigenvalue weighted by Crippen LogP contribution is -2.19. The van der Waals surface area contributed by atoms with Gasteiger partial charge in [-0.3, -0.25) is 0 Å². The Morgan fingerprint density at radius 1 is 1.67 bits per heavy atom. The number of methoxy groups -OCH3 is 1. The minimum absolute atomic E-state index is 0.373. The summed E-state index contributed by atoms with van der Waals surface area (Å²) in [6.45, 7) is 0. The smallest absolute Gasteiger partial charge is 0.180 e. The van der Waals surface area contributed by atoms with Gasteiger partial charge in [-0.1, -0.05) is 0 Å². The zero-order valence-corrected chi connectivity index (χ0v) is 7.86. The third kappa shape index (κ3) is 1.32. The standard InChI is InChI=1S/C8H12N2OS/c1-11-5-2-3-6-7(4-5)12-8(9)10-6/h5H,2-4H2,1H3,(H2,9,10). The Bertz CT molecular complexity index is 285. The molecule has 0 aliphatic heterocycles. The molecule has 0 saturated carbocycles.